The second kappa shape index (κ2) is 11.1. The first kappa shape index (κ1) is 28.6. The number of alkyl halides is 5. The highest BCUT2D eigenvalue weighted by Crippen LogP contribution is 2.42. The van der Waals surface area contributed by atoms with E-state index in [4.69, 9.17) is 4.52 Å². The Hall–Kier alpha value is -3.96. The van der Waals surface area contributed by atoms with E-state index in [1.165, 1.54) is 25.3 Å². The summed E-state index contributed by atoms with van der Waals surface area (Å²) in [5.41, 5.74) is -1.38. The highest BCUT2D eigenvalue weighted by Gasteiger charge is 2.35. The molecule has 0 bridgehead atoms. The van der Waals surface area contributed by atoms with Crippen molar-refractivity contribution in [3.05, 3.63) is 98.0 Å². The van der Waals surface area contributed by atoms with Crippen LogP contribution in [-0.4, -0.2) is 19.9 Å². The summed E-state index contributed by atoms with van der Waals surface area (Å²) < 4.78 is 89.2. The minimum Gasteiger partial charge on any atom is -0.361 e. The maximum atomic E-state index is 14.6. The maximum absolute atomic E-state index is 14.6. The van der Waals surface area contributed by atoms with E-state index in [1.54, 1.807) is 6.07 Å². The Kier molecular flexibility index (Phi) is 7.76. The number of rotatable bonds is 6. The predicted molar refractivity (Wildman–Crippen MR) is 137 cm³/mol. The lowest BCUT2D eigenvalue weighted by Gasteiger charge is -2.30. The van der Waals surface area contributed by atoms with Gasteiger partial charge in [-0.25, -0.2) is 17.9 Å². The fraction of sp³-hybridized carbons (Fsp3) is 0.379. The second-order valence-electron chi connectivity index (χ2n) is 10.3. The standard InChI is InChI=1S/C29H26F6N4O2/c1-15-5-3-7-21(30)24(15)18-10-8-17(9-11-18)19-13-22(26-25(27(31)32)16(2)41-38-26)37-39(28(19)40)14-23-20(29(33,34)35)6-4-12-36-23/h3-7,12-13,17-18,27H,8-11,14H2,1-2H3. The number of pyridine rings is 1. The van der Waals surface area contributed by atoms with Crippen molar-refractivity contribution in [2.45, 2.75) is 70.5 Å². The molecule has 3 heterocycles. The van der Waals surface area contributed by atoms with Gasteiger partial charge in [0.2, 0.25) is 0 Å². The molecule has 1 aromatic carbocycles. The van der Waals surface area contributed by atoms with Crippen LogP contribution in [0.25, 0.3) is 11.4 Å². The van der Waals surface area contributed by atoms with Crippen molar-refractivity contribution >= 4 is 0 Å². The molecule has 0 aliphatic heterocycles. The molecule has 0 atom stereocenters. The molecule has 0 unspecified atom stereocenters. The largest absolute Gasteiger partial charge is 0.418 e. The van der Waals surface area contributed by atoms with Crippen LogP contribution in [0.15, 0.2) is 51.9 Å². The molecule has 0 saturated heterocycles. The highest BCUT2D eigenvalue weighted by atomic mass is 19.4. The van der Waals surface area contributed by atoms with Crippen LogP contribution in [-0.2, 0) is 12.7 Å². The van der Waals surface area contributed by atoms with Gasteiger partial charge in [-0.05, 0) is 86.8 Å². The van der Waals surface area contributed by atoms with Crippen LogP contribution in [0.3, 0.4) is 0 Å². The Morgan fingerprint density at radius 3 is 2.41 bits per heavy atom. The van der Waals surface area contributed by atoms with E-state index in [2.05, 4.69) is 15.2 Å². The summed E-state index contributed by atoms with van der Waals surface area (Å²) in [6.07, 6.45) is -4.44. The normalized spacial score (nSPS) is 17.8. The van der Waals surface area contributed by atoms with Crippen molar-refractivity contribution in [3.8, 4) is 11.4 Å². The Morgan fingerprint density at radius 2 is 1.76 bits per heavy atom. The first-order valence-electron chi connectivity index (χ1n) is 13.1. The average Bonchev–Trinajstić information content (AvgIpc) is 3.31. The van der Waals surface area contributed by atoms with Gasteiger partial charge < -0.3 is 4.52 Å². The second-order valence-corrected chi connectivity index (χ2v) is 10.3. The lowest BCUT2D eigenvalue weighted by Crippen LogP contribution is -2.31. The van der Waals surface area contributed by atoms with Gasteiger partial charge in [0.25, 0.3) is 12.0 Å². The van der Waals surface area contributed by atoms with Crippen LogP contribution in [0.2, 0.25) is 0 Å². The minimum absolute atomic E-state index is 0.0672. The van der Waals surface area contributed by atoms with Gasteiger partial charge in [0, 0.05) is 11.8 Å². The molecule has 5 rings (SSSR count). The zero-order valence-corrected chi connectivity index (χ0v) is 22.2. The summed E-state index contributed by atoms with van der Waals surface area (Å²) in [5.74, 6) is -0.852. The zero-order valence-electron chi connectivity index (χ0n) is 22.2. The number of aromatic nitrogens is 4. The highest BCUT2D eigenvalue weighted by molar-refractivity contribution is 5.60. The molecule has 41 heavy (non-hydrogen) atoms. The Morgan fingerprint density at radius 1 is 1.05 bits per heavy atom. The van der Waals surface area contributed by atoms with Gasteiger partial charge in [-0.15, -0.1) is 0 Å². The molecule has 0 spiro atoms. The Bertz CT molecular complexity index is 1600. The van der Waals surface area contributed by atoms with Gasteiger partial charge in [-0.3, -0.25) is 9.78 Å². The lowest BCUT2D eigenvalue weighted by molar-refractivity contribution is -0.138. The molecule has 3 aromatic heterocycles. The third-order valence-corrected chi connectivity index (χ3v) is 7.71. The molecule has 1 fully saturated rings. The number of hydrogen-bond donors (Lipinski definition) is 0. The van der Waals surface area contributed by atoms with Crippen molar-refractivity contribution in [1.29, 1.82) is 0 Å². The summed E-state index contributed by atoms with van der Waals surface area (Å²) in [6, 6.07) is 8.24. The van der Waals surface area contributed by atoms with Crippen molar-refractivity contribution in [1.82, 2.24) is 19.9 Å². The molecule has 0 radical (unpaired) electrons. The topological polar surface area (TPSA) is 73.8 Å². The van der Waals surface area contributed by atoms with E-state index in [1.807, 2.05) is 13.0 Å². The van der Waals surface area contributed by atoms with E-state index < -0.39 is 41.5 Å². The van der Waals surface area contributed by atoms with Gasteiger partial charge in [-0.2, -0.15) is 18.3 Å². The quantitative estimate of drug-likeness (QED) is 0.222. The molecule has 216 valence electrons. The van der Waals surface area contributed by atoms with Gasteiger partial charge in [-0.1, -0.05) is 17.3 Å². The van der Waals surface area contributed by atoms with Gasteiger partial charge in [0.15, 0.2) is 0 Å². The molecule has 12 heteroatoms. The molecule has 1 saturated carbocycles. The fourth-order valence-corrected chi connectivity index (χ4v) is 5.72. The lowest BCUT2D eigenvalue weighted by atomic mass is 9.75. The molecular formula is C29H26F6N4O2. The monoisotopic (exact) mass is 576 g/mol. The molecule has 6 nitrogen and oxygen atoms in total. The van der Waals surface area contributed by atoms with Gasteiger partial charge in [0.05, 0.1) is 23.4 Å². The van der Waals surface area contributed by atoms with E-state index in [0.29, 0.717) is 31.2 Å². The third-order valence-electron chi connectivity index (χ3n) is 7.71. The molecular weight excluding hydrogens is 550 g/mol. The first-order valence-corrected chi connectivity index (χ1v) is 13.1. The average molecular weight is 577 g/mol. The molecule has 0 N–H and O–H groups in total. The predicted octanol–water partition coefficient (Wildman–Crippen LogP) is 7.50. The Labute approximate surface area is 231 Å². The number of hydrogen-bond acceptors (Lipinski definition) is 5. The van der Waals surface area contributed by atoms with Crippen molar-refractivity contribution < 1.29 is 30.9 Å². The molecule has 1 aliphatic carbocycles. The van der Waals surface area contributed by atoms with E-state index >= 15 is 0 Å². The van der Waals surface area contributed by atoms with Gasteiger partial charge in [0.1, 0.15) is 23.0 Å². The summed E-state index contributed by atoms with van der Waals surface area (Å²) in [5, 5.41) is 7.88. The molecule has 4 aromatic rings. The van der Waals surface area contributed by atoms with Crippen molar-refractivity contribution in [2.75, 3.05) is 0 Å². The third kappa shape index (κ3) is 5.64. The first-order chi connectivity index (χ1) is 19.5. The molecule has 1 aliphatic rings. The van der Waals surface area contributed by atoms with Crippen LogP contribution in [0, 0.1) is 19.7 Å². The van der Waals surface area contributed by atoms with E-state index in [-0.39, 0.29) is 40.4 Å². The smallest absolute Gasteiger partial charge is 0.361 e. The zero-order chi connectivity index (χ0) is 29.5. The van der Waals surface area contributed by atoms with E-state index in [9.17, 15) is 31.1 Å². The summed E-state index contributed by atoms with van der Waals surface area (Å²) in [7, 11) is 0. The fourth-order valence-electron chi connectivity index (χ4n) is 5.72. The maximum Gasteiger partial charge on any atom is 0.418 e. The van der Waals surface area contributed by atoms with Gasteiger partial charge >= 0.3 is 6.18 Å². The summed E-state index contributed by atoms with van der Waals surface area (Å²) in [6.45, 7) is 2.51. The Balaban J connectivity index is 1.56. The number of halogens is 6. The van der Waals surface area contributed by atoms with Crippen LogP contribution >= 0.6 is 0 Å². The van der Waals surface area contributed by atoms with Crippen LogP contribution < -0.4 is 5.56 Å². The minimum atomic E-state index is -4.73. The van der Waals surface area contributed by atoms with Crippen LogP contribution in [0.1, 0.15) is 83.2 Å². The van der Waals surface area contributed by atoms with Crippen LogP contribution in [0.5, 0.6) is 0 Å². The van der Waals surface area contributed by atoms with Crippen LogP contribution in [0.4, 0.5) is 26.3 Å². The number of benzene rings is 1. The van der Waals surface area contributed by atoms with Crippen molar-refractivity contribution in [2.24, 2.45) is 0 Å². The number of aryl methyl sites for hydroxylation is 2. The summed E-state index contributed by atoms with van der Waals surface area (Å²) in [4.78, 5) is 17.5. The summed E-state index contributed by atoms with van der Waals surface area (Å²) >= 11 is 0. The SMILES string of the molecule is Cc1cccc(F)c1C1CCC(c2cc(-c3noc(C)c3C(F)F)nn(Cc3ncccc3C(F)(F)F)c2=O)CC1. The number of nitrogens with zero attached hydrogens (tertiary/aromatic N) is 4. The van der Waals surface area contributed by atoms with E-state index in [0.717, 1.165) is 22.4 Å². The van der Waals surface area contributed by atoms with Crippen molar-refractivity contribution in [3.63, 3.8) is 0 Å². The molecule has 0 amide bonds.